The number of furan rings is 1. The summed E-state index contributed by atoms with van der Waals surface area (Å²) in [4.78, 5) is 0. The Labute approximate surface area is 337 Å². The second-order valence-electron chi connectivity index (χ2n) is 14.5. The van der Waals surface area contributed by atoms with Crippen LogP contribution in [0, 0.1) is 6.92 Å². The zero-order valence-corrected chi connectivity index (χ0v) is 33.5. The number of benzene rings is 9. The quantitative estimate of drug-likeness (QED) is 0.160. The molecular formula is C53H37NOS2. The number of hydrogen-bond donors (Lipinski definition) is 0. The van der Waals surface area contributed by atoms with Crippen LogP contribution in [-0.2, 0) is 0 Å². The lowest BCUT2D eigenvalue weighted by Crippen LogP contribution is -1.94. The number of thiophene rings is 2. The van der Waals surface area contributed by atoms with E-state index in [-0.39, 0.29) is 0 Å². The lowest BCUT2D eigenvalue weighted by molar-refractivity contribution is 0.673. The molecule has 0 aliphatic carbocycles. The summed E-state index contributed by atoms with van der Waals surface area (Å²) in [5, 5.41) is 12.6. The molecule has 0 amide bonds. The normalized spacial score (nSPS) is 11.8. The third-order valence-electron chi connectivity index (χ3n) is 11.3. The van der Waals surface area contributed by atoms with E-state index in [1.165, 1.54) is 89.6 Å². The molecule has 0 spiro atoms. The summed E-state index contributed by atoms with van der Waals surface area (Å²) >= 11 is 3.76. The SMILES string of the molecule is CC.Cc1ccccc1.c1ccc2c(c1)oc1c2cc2c3c1ccc1cc4c5ccccc5sc4c(c13)n2-c1ccc(-c2ccc3sc4ccccc4c3c2)cc1. The van der Waals surface area contributed by atoms with Crippen molar-refractivity contribution in [1.82, 2.24) is 4.57 Å². The molecule has 4 aromatic heterocycles. The predicted octanol–water partition coefficient (Wildman–Crippen LogP) is 16.7. The highest BCUT2D eigenvalue weighted by molar-refractivity contribution is 7.27. The van der Waals surface area contributed by atoms with Gasteiger partial charge in [-0.05, 0) is 84.1 Å². The van der Waals surface area contributed by atoms with E-state index >= 15 is 0 Å². The first-order valence-electron chi connectivity index (χ1n) is 19.7. The molecule has 0 saturated heterocycles. The fourth-order valence-corrected chi connectivity index (χ4v) is 11.1. The van der Waals surface area contributed by atoms with Crippen molar-refractivity contribution in [3.63, 3.8) is 0 Å². The molecule has 0 saturated carbocycles. The van der Waals surface area contributed by atoms with Crippen LogP contribution in [0.2, 0.25) is 0 Å². The minimum atomic E-state index is 0.929. The third kappa shape index (κ3) is 5.21. The highest BCUT2D eigenvalue weighted by atomic mass is 32.1. The molecule has 57 heavy (non-hydrogen) atoms. The molecule has 272 valence electrons. The minimum absolute atomic E-state index is 0.929. The Hall–Kier alpha value is -6.46. The van der Waals surface area contributed by atoms with Crippen LogP contribution in [0.5, 0.6) is 0 Å². The average Bonchev–Trinajstić information content (AvgIpc) is 4.03. The van der Waals surface area contributed by atoms with E-state index in [9.17, 15) is 0 Å². The molecular weight excluding hydrogens is 731 g/mol. The molecule has 0 bridgehead atoms. The molecule has 0 aliphatic heterocycles. The molecule has 0 N–H and O–H groups in total. The Morgan fingerprint density at radius 2 is 1.11 bits per heavy atom. The minimum Gasteiger partial charge on any atom is -0.455 e. The second-order valence-corrected chi connectivity index (χ2v) is 16.6. The van der Waals surface area contributed by atoms with Crippen LogP contribution in [0.1, 0.15) is 19.4 Å². The van der Waals surface area contributed by atoms with E-state index in [4.69, 9.17) is 4.42 Å². The van der Waals surface area contributed by atoms with Crippen molar-refractivity contribution in [3.8, 4) is 16.8 Å². The van der Waals surface area contributed by atoms with Gasteiger partial charge in [0.25, 0.3) is 0 Å². The number of para-hydroxylation sites is 1. The number of aromatic nitrogens is 1. The fourth-order valence-electron chi connectivity index (χ4n) is 8.74. The fraction of sp³-hybridized carbons (Fsp3) is 0.0566. The Morgan fingerprint density at radius 1 is 0.456 bits per heavy atom. The monoisotopic (exact) mass is 767 g/mol. The number of rotatable bonds is 2. The molecule has 0 radical (unpaired) electrons. The maximum absolute atomic E-state index is 6.57. The van der Waals surface area contributed by atoms with Crippen LogP contribution in [-0.4, -0.2) is 4.57 Å². The van der Waals surface area contributed by atoms with E-state index in [0.717, 1.165) is 27.6 Å². The summed E-state index contributed by atoms with van der Waals surface area (Å²) in [5.41, 5.74) is 9.34. The Bertz CT molecular complexity index is 3600. The van der Waals surface area contributed by atoms with Gasteiger partial charge in [0.05, 0.1) is 15.7 Å². The number of aryl methyl sites for hydroxylation is 1. The standard InChI is InChI=1S/C44H23NOS2.C7H8.C2H6/c1-4-10-36-28(7-1)33-23-35-41-31(43(33)46-36)19-15-26-22-34-30-9-3-6-12-38(30)48-44(34)42(40(26)41)45(35)27-17-13-24(14-18-27)25-16-20-39-32(21-25)29-8-2-5-11-37(29)47-39;1-7-5-3-2-4-6-7;1-2/h1-23H;2-6H,1H3;1-2H3. The summed E-state index contributed by atoms with van der Waals surface area (Å²) < 4.78 is 14.4. The Kier molecular flexibility index (Phi) is 7.92. The summed E-state index contributed by atoms with van der Waals surface area (Å²) in [6, 6.07) is 61.6. The van der Waals surface area contributed by atoms with Crippen molar-refractivity contribution in [3.05, 3.63) is 175 Å². The van der Waals surface area contributed by atoms with Crippen molar-refractivity contribution < 1.29 is 4.42 Å². The van der Waals surface area contributed by atoms with E-state index in [2.05, 4.69) is 163 Å². The highest BCUT2D eigenvalue weighted by Gasteiger charge is 2.24. The number of hydrogen-bond acceptors (Lipinski definition) is 3. The van der Waals surface area contributed by atoms with Crippen molar-refractivity contribution in [2.24, 2.45) is 0 Å². The van der Waals surface area contributed by atoms with Crippen LogP contribution in [0.3, 0.4) is 0 Å². The molecule has 13 rings (SSSR count). The largest absolute Gasteiger partial charge is 0.455 e. The topological polar surface area (TPSA) is 18.1 Å². The van der Waals surface area contributed by atoms with E-state index < -0.39 is 0 Å². The van der Waals surface area contributed by atoms with Crippen LogP contribution < -0.4 is 0 Å². The first kappa shape index (κ1) is 33.8. The zero-order valence-electron chi connectivity index (χ0n) is 31.8. The smallest absolute Gasteiger partial charge is 0.143 e. The van der Waals surface area contributed by atoms with Gasteiger partial charge >= 0.3 is 0 Å². The van der Waals surface area contributed by atoms with E-state index in [1.807, 2.05) is 54.7 Å². The van der Waals surface area contributed by atoms with Gasteiger partial charge in [-0.2, -0.15) is 0 Å². The summed E-state index contributed by atoms with van der Waals surface area (Å²) in [5.74, 6) is 0. The molecule has 0 aliphatic rings. The lowest BCUT2D eigenvalue weighted by Gasteiger charge is -2.10. The average molecular weight is 768 g/mol. The molecule has 4 heteroatoms. The zero-order chi connectivity index (χ0) is 38.2. The maximum Gasteiger partial charge on any atom is 0.143 e. The van der Waals surface area contributed by atoms with Gasteiger partial charge in [0.2, 0.25) is 0 Å². The number of nitrogens with zero attached hydrogens (tertiary/aromatic N) is 1. The Morgan fingerprint density at radius 3 is 1.86 bits per heavy atom. The third-order valence-corrected chi connectivity index (χ3v) is 13.6. The van der Waals surface area contributed by atoms with Crippen LogP contribution in [0.15, 0.2) is 174 Å². The van der Waals surface area contributed by atoms with Gasteiger partial charge in [0.15, 0.2) is 0 Å². The molecule has 0 atom stereocenters. The molecule has 0 fully saturated rings. The van der Waals surface area contributed by atoms with Gasteiger partial charge in [-0.25, -0.2) is 0 Å². The van der Waals surface area contributed by atoms with Crippen LogP contribution >= 0.6 is 22.7 Å². The predicted molar refractivity (Wildman–Crippen MR) is 250 cm³/mol. The molecule has 9 aromatic carbocycles. The molecule has 0 unspecified atom stereocenters. The van der Waals surface area contributed by atoms with Crippen molar-refractivity contribution in [2.75, 3.05) is 0 Å². The number of fused-ring (bicyclic) bond motifs is 11. The Balaban J connectivity index is 0.000000375. The summed E-state index contributed by atoms with van der Waals surface area (Å²) in [7, 11) is 0. The lowest BCUT2D eigenvalue weighted by atomic mass is 9.98. The molecule has 13 aromatic rings. The van der Waals surface area contributed by atoms with Crippen LogP contribution in [0.4, 0.5) is 0 Å². The van der Waals surface area contributed by atoms with E-state index in [1.54, 1.807) is 0 Å². The van der Waals surface area contributed by atoms with Crippen molar-refractivity contribution in [1.29, 1.82) is 0 Å². The van der Waals surface area contributed by atoms with Crippen molar-refractivity contribution >= 4 is 118 Å². The highest BCUT2D eigenvalue weighted by Crippen LogP contribution is 2.49. The maximum atomic E-state index is 6.57. The van der Waals surface area contributed by atoms with Gasteiger partial charge in [0, 0.05) is 68.3 Å². The molecule has 4 heterocycles. The van der Waals surface area contributed by atoms with Gasteiger partial charge in [-0.15, -0.1) is 22.7 Å². The first-order valence-corrected chi connectivity index (χ1v) is 21.3. The summed E-state index contributed by atoms with van der Waals surface area (Å²) in [6.07, 6.45) is 0. The first-order chi connectivity index (χ1) is 28.2. The van der Waals surface area contributed by atoms with Crippen molar-refractivity contribution in [2.45, 2.75) is 20.8 Å². The van der Waals surface area contributed by atoms with Gasteiger partial charge in [-0.3, -0.25) is 0 Å². The summed E-state index contributed by atoms with van der Waals surface area (Å²) in [6.45, 7) is 6.08. The van der Waals surface area contributed by atoms with Gasteiger partial charge in [0.1, 0.15) is 11.2 Å². The van der Waals surface area contributed by atoms with Crippen LogP contribution in [0.25, 0.3) is 112 Å². The van der Waals surface area contributed by atoms with Gasteiger partial charge < -0.3 is 8.98 Å². The second kappa shape index (κ2) is 13.3. The van der Waals surface area contributed by atoms with Gasteiger partial charge in [-0.1, -0.05) is 129 Å². The van der Waals surface area contributed by atoms with E-state index in [0.29, 0.717) is 0 Å². The molecule has 2 nitrogen and oxygen atoms in total.